The van der Waals surface area contributed by atoms with Crippen molar-refractivity contribution in [2.24, 2.45) is 5.14 Å². The molecular weight excluding hydrogens is 294 g/mol. The number of aryl methyl sites for hydroxylation is 1. The van der Waals surface area contributed by atoms with Gasteiger partial charge in [-0.05, 0) is 36.8 Å². The zero-order chi connectivity index (χ0) is 15.5. The maximum Gasteiger partial charge on any atom is 0.196 e. The van der Waals surface area contributed by atoms with E-state index in [2.05, 4.69) is 41.0 Å². The Kier molecular flexibility index (Phi) is 4.57. The Morgan fingerprint density at radius 1 is 0.955 bits per heavy atom. The summed E-state index contributed by atoms with van der Waals surface area (Å²) in [6.45, 7) is 5.83. The van der Waals surface area contributed by atoms with Crippen molar-refractivity contribution in [3.63, 3.8) is 0 Å². The number of anilines is 2. The molecule has 1 fully saturated rings. The summed E-state index contributed by atoms with van der Waals surface area (Å²) >= 11 is -1.45. The summed E-state index contributed by atoms with van der Waals surface area (Å²) in [5.41, 5.74) is 3.55. The summed E-state index contributed by atoms with van der Waals surface area (Å²) < 4.78 is 11.7. The second-order valence-corrected chi connectivity index (χ2v) is 6.61. The second-order valence-electron chi connectivity index (χ2n) is 5.58. The Labute approximate surface area is 134 Å². The highest BCUT2D eigenvalue weighted by Crippen LogP contribution is 2.26. The van der Waals surface area contributed by atoms with E-state index in [4.69, 9.17) is 5.14 Å². The lowest BCUT2D eigenvalue weighted by Crippen LogP contribution is -2.47. The quantitative estimate of drug-likeness (QED) is 0.883. The van der Waals surface area contributed by atoms with Gasteiger partial charge in [-0.1, -0.05) is 24.3 Å². The molecule has 0 saturated carbocycles. The molecule has 1 heterocycles. The number of hydrogen-bond acceptors (Lipinski definition) is 4. The van der Waals surface area contributed by atoms with Crippen LogP contribution in [0.25, 0.3) is 0 Å². The van der Waals surface area contributed by atoms with E-state index >= 15 is 0 Å². The van der Waals surface area contributed by atoms with E-state index in [1.807, 2.05) is 24.3 Å². The van der Waals surface area contributed by atoms with Crippen LogP contribution in [-0.4, -0.2) is 30.7 Å². The third kappa shape index (κ3) is 3.21. The van der Waals surface area contributed by atoms with Crippen LogP contribution in [0, 0.1) is 6.92 Å². The molecule has 0 radical (unpaired) electrons. The zero-order valence-corrected chi connectivity index (χ0v) is 13.6. The molecule has 2 aromatic rings. The third-order valence-corrected chi connectivity index (χ3v) is 4.85. The van der Waals surface area contributed by atoms with E-state index < -0.39 is 11.4 Å². The molecule has 1 atom stereocenters. The average molecular weight is 315 g/mol. The van der Waals surface area contributed by atoms with Gasteiger partial charge >= 0.3 is 0 Å². The Hall–Kier alpha value is -1.69. The first-order chi connectivity index (χ1) is 10.6. The Balaban J connectivity index is 1.72. The van der Waals surface area contributed by atoms with Crippen LogP contribution in [0.5, 0.6) is 0 Å². The molecule has 0 aromatic heterocycles. The number of nitrogens with two attached hydrogens (primary N) is 1. The topological polar surface area (TPSA) is 55.6 Å². The van der Waals surface area contributed by atoms with Gasteiger partial charge in [0, 0.05) is 31.9 Å². The Bertz CT molecular complexity index is 639. The molecule has 22 heavy (non-hydrogen) atoms. The number of para-hydroxylation sites is 1. The van der Waals surface area contributed by atoms with Crippen LogP contribution in [0.3, 0.4) is 0 Å². The number of rotatable bonds is 3. The molecular formula is C17H21N3OS. The molecule has 2 N–H and O–H groups in total. The second kappa shape index (κ2) is 6.60. The zero-order valence-electron chi connectivity index (χ0n) is 12.7. The van der Waals surface area contributed by atoms with Gasteiger partial charge in [-0.25, -0.2) is 0 Å². The highest BCUT2D eigenvalue weighted by molar-refractivity contribution is 7.89. The summed E-state index contributed by atoms with van der Waals surface area (Å²) in [6, 6.07) is 16.3. The van der Waals surface area contributed by atoms with Gasteiger partial charge < -0.3 is 14.4 Å². The van der Waals surface area contributed by atoms with Crippen LogP contribution < -0.4 is 14.9 Å². The molecule has 2 aromatic carbocycles. The highest BCUT2D eigenvalue weighted by Gasteiger charge is 2.22. The van der Waals surface area contributed by atoms with Crippen LogP contribution in [0.2, 0.25) is 0 Å². The smallest absolute Gasteiger partial charge is 0.196 e. The fraction of sp³-hybridized carbons (Fsp3) is 0.294. The molecule has 5 heteroatoms. The molecule has 4 nitrogen and oxygen atoms in total. The lowest BCUT2D eigenvalue weighted by molar-refractivity contribution is 0.594. The first-order valence-corrected chi connectivity index (χ1v) is 8.68. The first-order valence-electron chi connectivity index (χ1n) is 7.47. The molecule has 0 bridgehead atoms. The van der Waals surface area contributed by atoms with E-state index in [0.717, 1.165) is 31.9 Å². The average Bonchev–Trinajstić information content (AvgIpc) is 2.55. The molecule has 1 saturated heterocycles. The van der Waals surface area contributed by atoms with E-state index in [1.165, 1.54) is 11.3 Å². The molecule has 1 unspecified atom stereocenters. The van der Waals surface area contributed by atoms with Crippen molar-refractivity contribution >= 4 is 22.7 Å². The summed E-state index contributed by atoms with van der Waals surface area (Å²) in [6.07, 6.45) is 0. The first kappa shape index (κ1) is 15.2. The SMILES string of the molecule is Cc1cccc(N2CCN(c3ccccc3[S+](N)[O-])CC2)c1. The van der Waals surface area contributed by atoms with Crippen LogP contribution >= 0.6 is 0 Å². The Morgan fingerprint density at radius 3 is 2.32 bits per heavy atom. The van der Waals surface area contributed by atoms with Crippen LogP contribution in [0.1, 0.15) is 5.56 Å². The predicted octanol–water partition coefficient (Wildman–Crippen LogP) is 2.30. The lowest BCUT2D eigenvalue weighted by atomic mass is 10.2. The lowest BCUT2D eigenvalue weighted by Gasteiger charge is -2.37. The van der Waals surface area contributed by atoms with Gasteiger partial charge in [0.05, 0.1) is 17.0 Å². The minimum atomic E-state index is -1.45. The summed E-state index contributed by atoms with van der Waals surface area (Å²) in [5.74, 6) is 0. The standard InChI is InChI=1S/C17H21N3OS/c1-14-5-4-6-15(13-14)19-9-11-20(12-10-19)16-7-2-3-8-17(16)22(18)21/h2-8,13H,9-12,18H2,1H3. The van der Waals surface area contributed by atoms with Gasteiger partial charge in [0.15, 0.2) is 4.90 Å². The van der Waals surface area contributed by atoms with Gasteiger partial charge in [-0.3, -0.25) is 0 Å². The van der Waals surface area contributed by atoms with Crippen LogP contribution in [0.15, 0.2) is 53.4 Å². The fourth-order valence-corrected chi connectivity index (χ4v) is 3.53. The van der Waals surface area contributed by atoms with Crippen molar-refractivity contribution in [1.29, 1.82) is 0 Å². The molecule has 1 aliphatic rings. The molecule has 0 spiro atoms. The van der Waals surface area contributed by atoms with E-state index in [0.29, 0.717) is 4.90 Å². The molecule has 0 aliphatic carbocycles. The van der Waals surface area contributed by atoms with Crippen molar-refractivity contribution < 1.29 is 4.55 Å². The molecule has 116 valence electrons. The minimum Gasteiger partial charge on any atom is -0.593 e. The van der Waals surface area contributed by atoms with Crippen LogP contribution in [0.4, 0.5) is 11.4 Å². The van der Waals surface area contributed by atoms with Gasteiger partial charge in [-0.15, -0.1) is 5.14 Å². The van der Waals surface area contributed by atoms with Crippen molar-refractivity contribution in [1.82, 2.24) is 0 Å². The van der Waals surface area contributed by atoms with Crippen molar-refractivity contribution in [3.05, 3.63) is 54.1 Å². The number of piperazine rings is 1. The predicted molar refractivity (Wildman–Crippen MR) is 92.6 cm³/mol. The minimum absolute atomic E-state index is 0.714. The maximum atomic E-state index is 11.7. The summed E-state index contributed by atoms with van der Waals surface area (Å²) in [4.78, 5) is 5.38. The van der Waals surface area contributed by atoms with Crippen molar-refractivity contribution in [3.8, 4) is 0 Å². The summed E-state index contributed by atoms with van der Waals surface area (Å²) in [7, 11) is 0. The van der Waals surface area contributed by atoms with Crippen molar-refractivity contribution in [2.75, 3.05) is 36.0 Å². The van der Waals surface area contributed by atoms with Gasteiger partial charge in [-0.2, -0.15) is 0 Å². The number of nitrogens with zero attached hydrogens (tertiary/aromatic N) is 2. The molecule has 0 amide bonds. The van der Waals surface area contributed by atoms with E-state index in [9.17, 15) is 4.55 Å². The van der Waals surface area contributed by atoms with E-state index in [-0.39, 0.29) is 0 Å². The number of hydrogen-bond donors (Lipinski definition) is 1. The fourth-order valence-electron chi connectivity index (χ4n) is 2.92. The van der Waals surface area contributed by atoms with Gasteiger partial charge in [0.2, 0.25) is 0 Å². The van der Waals surface area contributed by atoms with Gasteiger partial charge in [0.1, 0.15) is 0 Å². The molecule has 3 rings (SSSR count). The highest BCUT2D eigenvalue weighted by atomic mass is 32.2. The third-order valence-electron chi connectivity index (χ3n) is 4.07. The Morgan fingerprint density at radius 2 is 1.64 bits per heavy atom. The summed E-state index contributed by atoms with van der Waals surface area (Å²) in [5, 5.41) is 5.59. The number of benzene rings is 2. The van der Waals surface area contributed by atoms with Crippen LogP contribution in [-0.2, 0) is 11.4 Å². The normalized spacial score (nSPS) is 16.7. The van der Waals surface area contributed by atoms with Crippen molar-refractivity contribution in [2.45, 2.75) is 11.8 Å². The largest absolute Gasteiger partial charge is 0.593 e. The maximum absolute atomic E-state index is 11.7. The van der Waals surface area contributed by atoms with E-state index in [1.54, 1.807) is 0 Å². The molecule has 1 aliphatic heterocycles. The monoisotopic (exact) mass is 315 g/mol. The van der Waals surface area contributed by atoms with Gasteiger partial charge in [0.25, 0.3) is 0 Å².